The second kappa shape index (κ2) is 10.4. The Morgan fingerprint density at radius 1 is 0.900 bits per heavy atom. The van der Waals surface area contributed by atoms with Crippen LogP contribution < -0.4 is 59.1 Å². The van der Waals surface area contributed by atoms with Crippen molar-refractivity contribution in [3.8, 4) is 12.1 Å². The summed E-state index contributed by atoms with van der Waals surface area (Å²) in [6, 6.07) is 3.32. The van der Waals surface area contributed by atoms with Crippen LogP contribution in [-0.2, 0) is 0 Å². The molecule has 0 aromatic rings. The molecule has 0 spiro atoms. The normalized spacial score (nSPS) is 8.80. The first-order valence-corrected chi connectivity index (χ1v) is 2.54. The first-order valence-electron chi connectivity index (χ1n) is 1.64. The van der Waals surface area contributed by atoms with Crippen LogP contribution >= 0.6 is 25.3 Å². The summed E-state index contributed by atoms with van der Waals surface area (Å²) in [5, 5.41) is 16.1. The molecular formula is C4H2N2Na2S2+2. The molecule has 0 amide bonds. The van der Waals surface area contributed by atoms with Crippen molar-refractivity contribution < 1.29 is 59.1 Å². The maximum Gasteiger partial charge on any atom is 1.00 e. The summed E-state index contributed by atoms with van der Waals surface area (Å²) in [4.78, 5) is 0.103. The standard InChI is InChI=1S/C4H2N2S2.2Na/c5-1-3(7)4(8)2-6;;/h7-8H;;/q;2*+1/b4-3-;;. The van der Waals surface area contributed by atoms with E-state index < -0.39 is 0 Å². The molecule has 6 heteroatoms. The van der Waals surface area contributed by atoms with E-state index in [1.807, 2.05) is 0 Å². The van der Waals surface area contributed by atoms with Gasteiger partial charge in [0.25, 0.3) is 0 Å². The fraction of sp³-hybridized carbons (Fsp3) is 0. The van der Waals surface area contributed by atoms with E-state index in [1.165, 1.54) is 0 Å². The Kier molecular flexibility index (Phi) is 18.2. The molecule has 0 unspecified atom stereocenters. The van der Waals surface area contributed by atoms with Gasteiger partial charge in [0.2, 0.25) is 0 Å². The zero-order valence-corrected chi connectivity index (χ0v) is 11.6. The number of hydrogen-bond acceptors (Lipinski definition) is 4. The third-order valence-corrected chi connectivity index (χ3v) is 1.26. The summed E-state index contributed by atoms with van der Waals surface area (Å²) in [6.07, 6.45) is 0. The molecule has 0 aliphatic carbocycles. The summed E-state index contributed by atoms with van der Waals surface area (Å²) in [6.45, 7) is 0. The summed E-state index contributed by atoms with van der Waals surface area (Å²) in [7, 11) is 0. The van der Waals surface area contributed by atoms with Gasteiger partial charge in [-0.05, 0) is 0 Å². The topological polar surface area (TPSA) is 47.6 Å². The van der Waals surface area contributed by atoms with Crippen LogP contribution in [0.1, 0.15) is 0 Å². The van der Waals surface area contributed by atoms with E-state index in [-0.39, 0.29) is 68.9 Å². The Balaban J connectivity index is -0.000000245. The van der Waals surface area contributed by atoms with Crippen LogP contribution in [0.2, 0.25) is 0 Å². The maximum atomic E-state index is 8.05. The number of nitriles is 2. The molecule has 0 heterocycles. The van der Waals surface area contributed by atoms with E-state index in [2.05, 4.69) is 25.3 Å². The fourth-order valence-electron chi connectivity index (χ4n) is 0.106. The van der Waals surface area contributed by atoms with Gasteiger partial charge >= 0.3 is 59.1 Å². The van der Waals surface area contributed by atoms with Crippen LogP contribution in [-0.4, -0.2) is 0 Å². The number of rotatable bonds is 0. The van der Waals surface area contributed by atoms with Gasteiger partial charge in [-0.3, -0.25) is 0 Å². The zero-order valence-electron chi connectivity index (χ0n) is 5.79. The Morgan fingerprint density at radius 3 is 1.20 bits per heavy atom. The van der Waals surface area contributed by atoms with Crippen LogP contribution in [0.5, 0.6) is 0 Å². The van der Waals surface area contributed by atoms with Crippen LogP contribution in [0.4, 0.5) is 0 Å². The van der Waals surface area contributed by atoms with Crippen molar-refractivity contribution >= 4 is 25.3 Å². The Morgan fingerprint density at radius 2 is 1.10 bits per heavy atom. The largest absolute Gasteiger partial charge is 1.00 e. The second-order valence-electron chi connectivity index (χ2n) is 0.921. The SMILES string of the molecule is N#C/C(S)=C(/S)C#N.[Na+].[Na+]. The van der Waals surface area contributed by atoms with E-state index in [9.17, 15) is 0 Å². The summed E-state index contributed by atoms with van der Waals surface area (Å²) < 4.78 is 0. The Labute approximate surface area is 115 Å². The van der Waals surface area contributed by atoms with Gasteiger partial charge in [0.1, 0.15) is 21.9 Å². The zero-order chi connectivity index (χ0) is 6.57. The molecule has 0 aromatic heterocycles. The Bertz CT molecular complexity index is 178. The van der Waals surface area contributed by atoms with Crippen LogP contribution in [0, 0.1) is 22.7 Å². The molecule has 0 aromatic carbocycles. The molecule has 0 saturated heterocycles. The van der Waals surface area contributed by atoms with E-state index >= 15 is 0 Å². The third kappa shape index (κ3) is 7.53. The molecule has 0 atom stereocenters. The number of nitrogens with zero attached hydrogens (tertiary/aromatic N) is 2. The van der Waals surface area contributed by atoms with Crippen molar-refractivity contribution in [2.24, 2.45) is 0 Å². The van der Waals surface area contributed by atoms with Gasteiger partial charge in [0, 0.05) is 0 Å². The minimum absolute atomic E-state index is 0. The van der Waals surface area contributed by atoms with Gasteiger partial charge in [-0.15, -0.1) is 25.3 Å². The average Bonchev–Trinajstić information content (AvgIpc) is 1.84. The first kappa shape index (κ1) is 17.5. The van der Waals surface area contributed by atoms with Crippen molar-refractivity contribution in [3.05, 3.63) is 9.81 Å². The molecular weight excluding hydrogens is 186 g/mol. The van der Waals surface area contributed by atoms with E-state index in [1.54, 1.807) is 12.1 Å². The molecule has 10 heavy (non-hydrogen) atoms. The van der Waals surface area contributed by atoms with Crippen LogP contribution in [0.25, 0.3) is 0 Å². The summed E-state index contributed by atoms with van der Waals surface area (Å²) in [5.41, 5.74) is 0. The molecule has 2 nitrogen and oxygen atoms in total. The van der Waals surface area contributed by atoms with Crippen molar-refractivity contribution in [1.82, 2.24) is 0 Å². The van der Waals surface area contributed by atoms with Crippen molar-refractivity contribution in [2.45, 2.75) is 0 Å². The Hall–Kier alpha value is 1.42. The van der Waals surface area contributed by atoms with E-state index in [4.69, 9.17) is 10.5 Å². The smallest absolute Gasteiger partial charge is 0.192 e. The van der Waals surface area contributed by atoms with Gasteiger partial charge in [-0.25, -0.2) is 0 Å². The second-order valence-corrected chi connectivity index (χ2v) is 1.82. The third-order valence-electron chi connectivity index (χ3n) is 0.436. The molecule has 0 N–H and O–H groups in total. The van der Waals surface area contributed by atoms with Gasteiger partial charge < -0.3 is 0 Å². The first-order chi connectivity index (χ1) is 3.72. The molecule has 0 rings (SSSR count). The monoisotopic (exact) mass is 188 g/mol. The van der Waals surface area contributed by atoms with Crippen LogP contribution in [0.15, 0.2) is 9.81 Å². The summed E-state index contributed by atoms with van der Waals surface area (Å²) in [5.74, 6) is 0. The molecule has 40 valence electrons. The molecule has 0 saturated carbocycles. The quantitative estimate of drug-likeness (QED) is 0.227. The molecule has 0 radical (unpaired) electrons. The van der Waals surface area contributed by atoms with E-state index in [0.29, 0.717) is 0 Å². The van der Waals surface area contributed by atoms with Crippen molar-refractivity contribution in [3.63, 3.8) is 0 Å². The minimum Gasteiger partial charge on any atom is -0.192 e. The molecule has 0 aliphatic heterocycles. The van der Waals surface area contributed by atoms with Crippen molar-refractivity contribution in [1.29, 1.82) is 10.5 Å². The predicted octanol–water partition coefficient (Wildman–Crippen LogP) is -4.89. The van der Waals surface area contributed by atoms with Gasteiger partial charge in [-0.2, -0.15) is 10.5 Å². The number of hydrogen-bond donors (Lipinski definition) is 2. The molecule has 0 aliphatic rings. The van der Waals surface area contributed by atoms with Gasteiger partial charge in [0.05, 0.1) is 0 Å². The molecule has 0 fully saturated rings. The maximum absolute atomic E-state index is 8.05. The number of thiol groups is 2. The van der Waals surface area contributed by atoms with Gasteiger partial charge in [0.15, 0.2) is 0 Å². The average molecular weight is 188 g/mol. The molecule has 0 bridgehead atoms. The minimum atomic E-state index is 0. The van der Waals surface area contributed by atoms with Crippen LogP contribution in [0.3, 0.4) is 0 Å². The van der Waals surface area contributed by atoms with Gasteiger partial charge in [-0.1, -0.05) is 0 Å². The van der Waals surface area contributed by atoms with Crippen molar-refractivity contribution in [2.75, 3.05) is 0 Å². The van der Waals surface area contributed by atoms with E-state index in [0.717, 1.165) is 0 Å². The number of allylic oxidation sites excluding steroid dienone is 2. The summed E-state index contributed by atoms with van der Waals surface area (Å²) >= 11 is 7.25. The predicted molar refractivity (Wildman–Crippen MR) is 36.2 cm³/mol. The fourth-order valence-corrected chi connectivity index (χ4v) is 0.206.